The zero-order valence-corrected chi connectivity index (χ0v) is 19.2. The van der Waals surface area contributed by atoms with E-state index in [-0.39, 0.29) is 33.9 Å². The quantitative estimate of drug-likeness (QED) is 0.385. The first kappa shape index (κ1) is 23.3. The van der Waals surface area contributed by atoms with E-state index in [1.807, 2.05) is 30.3 Å². The molecule has 0 saturated carbocycles. The molecule has 1 aromatic heterocycles. The Labute approximate surface area is 202 Å². The van der Waals surface area contributed by atoms with Gasteiger partial charge in [0.2, 0.25) is 11.7 Å². The monoisotopic (exact) mass is 477 g/mol. The summed E-state index contributed by atoms with van der Waals surface area (Å²) in [6.45, 7) is 4.68. The van der Waals surface area contributed by atoms with Gasteiger partial charge in [-0.25, -0.2) is 9.97 Å². The van der Waals surface area contributed by atoms with Crippen LogP contribution in [0.3, 0.4) is 0 Å². The molecule has 0 spiro atoms. The number of benzene rings is 2. The number of carbonyl (C=O) groups excluding carboxylic acids is 2. The van der Waals surface area contributed by atoms with Gasteiger partial charge in [0.1, 0.15) is 35.0 Å². The molecule has 0 bridgehead atoms. The molecule has 9 heteroatoms. The fraction of sp³-hybridized carbons (Fsp3) is 0.200. The van der Waals surface area contributed by atoms with Crippen molar-refractivity contribution < 1.29 is 14.3 Å². The van der Waals surface area contributed by atoms with E-state index in [0.29, 0.717) is 30.4 Å². The van der Waals surface area contributed by atoms with Crippen molar-refractivity contribution in [2.75, 3.05) is 24.1 Å². The van der Waals surface area contributed by atoms with E-state index in [0.717, 1.165) is 12.8 Å². The molecule has 174 valence electrons. The lowest BCUT2D eigenvalue weighted by molar-refractivity contribution is -0.127. The van der Waals surface area contributed by atoms with Crippen molar-refractivity contribution in [2.24, 2.45) is 0 Å². The van der Waals surface area contributed by atoms with Gasteiger partial charge in [-0.3, -0.25) is 9.59 Å². The minimum absolute atomic E-state index is 0.0398. The highest BCUT2D eigenvalue weighted by Crippen LogP contribution is 2.31. The van der Waals surface area contributed by atoms with Crippen molar-refractivity contribution in [1.29, 1.82) is 0 Å². The van der Waals surface area contributed by atoms with Crippen molar-refractivity contribution in [1.82, 2.24) is 14.9 Å². The lowest BCUT2D eigenvalue weighted by Gasteiger charge is -2.33. The molecule has 2 heterocycles. The summed E-state index contributed by atoms with van der Waals surface area (Å²) in [4.78, 5) is 35.4. The zero-order chi connectivity index (χ0) is 24.1. The molecular formula is C25H24ClN5O3. The number of amides is 1. The van der Waals surface area contributed by atoms with Crippen LogP contribution >= 0.6 is 11.6 Å². The minimum atomic E-state index is -0.410. The standard InChI is InChI=1S/C25H24ClN5O3/c1-2-21(32)31-12-6-7-16(14-31)30-25-22(24(27)28-15-29-25)23(33)19-11-10-18(13-20(19)26)34-17-8-4-3-5-9-17/h2-5,8-11,13,15-16H,1,6-7,12,14H2,(H3,27,28,29,30). The Bertz CT molecular complexity index is 1220. The highest BCUT2D eigenvalue weighted by atomic mass is 35.5. The first-order chi connectivity index (χ1) is 16.5. The summed E-state index contributed by atoms with van der Waals surface area (Å²) in [5, 5.41) is 3.48. The van der Waals surface area contributed by atoms with Gasteiger partial charge in [-0.05, 0) is 43.2 Å². The molecule has 1 aliphatic heterocycles. The number of hydrogen-bond acceptors (Lipinski definition) is 7. The number of carbonyl (C=O) groups is 2. The Kier molecular flexibility index (Phi) is 7.08. The Hall–Kier alpha value is -3.91. The van der Waals surface area contributed by atoms with Crippen LogP contribution < -0.4 is 15.8 Å². The number of nitrogens with two attached hydrogens (primary N) is 1. The van der Waals surface area contributed by atoms with Gasteiger partial charge in [0.05, 0.1) is 5.02 Å². The molecule has 3 aromatic rings. The van der Waals surface area contributed by atoms with E-state index in [1.54, 1.807) is 23.1 Å². The van der Waals surface area contributed by atoms with Crippen molar-refractivity contribution >= 4 is 34.9 Å². The second-order valence-electron chi connectivity index (χ2n) is 7.84. The number of nitrogens with zero attached hydrogens (tertiary/aromatic N) is 3. The van der Waals surface area contributed by atoms with Crippen LogP contribution in [-0.4, -0.2) is 45.7 Å². The third-order valence-corrected chi connectivity index (χ3v) is 5.83. The van der Waals surface area contributed by atoms with Crippen LogP contribution in [0.4, 0.5) is 11.6 Å². The molecule has 1 atom stereocenters. The molecule has 4 rings (SSSR count). The van der Waals surface area contributed by atoms with Gasteiger partial charge in [0.25, 0.3) is 0 Å². The van der Waals surface area contributed by atoms with Crippen molar-refractivity contribution in [3.8, 4) is 11.5 Å². The topological polar surface area (TPSA) is 110 Å². The molecule has 8 nitrogen and oxygen atoms in total. The maximum atomic E-state index is 13.4. The number of ketones is 1. The Morgan fingerprint density at radius 1 is 1.18 bits per heavy atom. The van der Waals surface area contributed by atoms with E-state index in [9.17, 15) is 9.59 Å². The number of nitrogens with one attached hydrogen (secondary N) is 1. The highest BCUT2D eigenvalue weighted by molar-refractivity contribution is 6.35. The largest absolute Gasteiger partial charge is 0.457 e. The van der Waals surface area contributed by atoms with Crippen LogP contribution in [0.15, 0.2) is 67.5 Å². The molecular weight excluding hydrogens is 454 g/mol. The fourth-order valence-corrected chi connectivity index (χ4v) is 4.11. The predicted molar refractivity (Wildman–Crippen MR) is 131 cm³/mol. The maximum absolute atomic E-state index is 13.4. The summed E-state index contributed by atoms with van der Waals surface area (Å²) in [5.41, 5.74) is 6.47. The Morgan fingerprint density at radius 2 is 1.97 bits per heavy atom. The molecule has 34 heavy (non-hydrogen) atoms. The maximum Gasteiger partial charge on any atom is 0.246 e. The molecule has 2 aromatic carbocycles. The molecule has 1 fully saturated rings. The smallest absolute Gasteiger partial charge is 0.246 e. The highest BCUT2D eigenvalue weighted by Gasteiger charge is 2.26. The van der Waals surface area contributed by atoms with Crippen molar-refractivity contribution in [3.05, 3.63) is 83.7 Å². The molecule has 3 N–H and O–H groups in total. The molecule has 0 radical (unpaired) electrons. The van der Waals surface area contributed by atoms with Crippen LogP contribution in [0.25, 0.3) is 0 Å². The third kappa shape index (κ3) is 5.18. The molecule has 1 aliphatic rings. The molecule has 1 amide bonds. The van der Waals surface area contributed by atoms with Crippen molar-refractivity contribution in [2.45, 2.75) is 18.9 Å². The number of nitrogen functional groups attached to an aromatic ring is 1. The van der Waals surface area contributed by atoms with E-state index >= 15 is 0 Å². The lowest BCUT2D eigenvalue weighted by atomic mass is 10.0. The SMILES string of the molecule is C=CC(=O)N1CCCC(Nc2ncnc(N)c2C(=O)c2ccc(Oc3ccccc3)cc2Cl)C1. The first-order valence-electron chi connectivity index (χ1n) is 10.8. The normalized spacial score (nSPS) is 15.4. The number of anilines is 2. The average molecular weight is 478 g/mol. The van der Waals surface area contributed by atoms with E-state index in [4.69, 9.17) is 22.1 Å². The summed E-state index contributed by atoms with van der Waals surface area (Å²) in [5.74, 6) is 0.953. The van der Waals surface area contributed by atoms with Gasteiger partial charge < -0.3 is 20.7 Å². The number of hydrogen-bond donors (Lipinski definition) is 2. The predicted octanol–water partition coefficient (Wildman–Crippen LogP) is 4.32. The Morgan fingerprint density at radius 3 is 2.71 bits per heavy atom. The van der Waals surface area contributed by atoms with Gasteiger partial charge in [0.15, 0.2) is 0 Å². The number of para-hydroxylation sites is 1. The van der Waals surface area contributed by atoms with Crippen LogP contribution in [0.1, 0.15) is 28.8 Å². The summed E-state index contributed by atoms with van der Waals surface area (Å²) in [6.07, 6.45) is 4.22. The van der Waals surface area contributed by atoms with Gasteiger partial charge in [-0.15, -0.1) is 0 Å². The number of rotatable bonds is 7. The second kappa shape index (κ2) is 10.4. The molecule has 0 aliphatic carbocycles. The summed E-state index contributed by atoms with van der Waals surface area (Å²) in [7, 11) is 0. The number of piperidine rings is 1. The van der Waals surface area contributed by atoms with Gasteiger partial charge in [-0.2, -0.15) is 0 Å². The van der Waals surface area contributed by atoms with E-state index in [2.05, 4.69) is 21.9 Å². The van der Waals surface area contributed by atoms with Crippen molar-refractivity contribution in [3.63, 3.8) is 0 Å². The minimum Gasteiger partial charge on any atom is -0.457 e. The number of ether oxygens (including phenoxy) is 1. The zero-order valence-electron chi connectivity index (χ0n) is 18.4. The van der Waals surface area contributed by atoms with Gasteiger partial charge >= 0.3 is 0 Å². The van der Waals surface area contributed by atoms with Crippen LogP contribution in [0.2, 0.25) is 5.02 Å². The van der Waals surface area contributed by atoms with Gasteiger partial charge in [0, 0.05) is 30.8 Å². The summed E-state index contributed by atoms with van der Waals surface area (Å²) >= 11 is 6.45. The second-order valence-corrected chi connectivity index (χ2v) is 8.25. The van der Waals surface area contributed by atoms with E-state index in [1.165, 1.54) is 12.4 Å². The van der Waals surface area contributed by atoms with Crippen LogP contribution in [0, 0.1) is 0 Å². The lowest BCUT2D eigenvalue weighted by Crippen LogP contribution is -2.44. The van der Waals surface area contributed by atoms with E-state index < -0.39 is 5.78 Å². The number of halogens is 1. The third-order valence-electron chi connectivity index (χ3n) is 5.52. The number of likely N-dealkylation sites (tertiary alicyclic amines) is 1. The summed E-state index contributed by atoms with van der Waals surface area (Å²) < 4.78 is 5.79. The van der Waals surface area contributed by atoms with Crippen LogP contribution in [-0.2, 0) is 4.79 Å². The number of aromatic nitrogens is 2. The summed E-state index contributed by atoms with van der Waals surface area (Å²) in [6, 6.07) is 14.0. The van der Waals surface area contributed by atoms with Gasteiger partial charge in [-0.1, -0.05) is 36.4 Å². The average Bonchev–Trinajstić information content (AvgIpc) is 2.84. The molecule has 1 saturated heterocycles. The van der Waals surface area contributed by atoms with Crippen LogP contribution in [0.5, 0.6) is 11.5 Å². The molecule has 1 unspecified atom stereocenters. The first-order valence-corrected chi connectivity index (χ1v) is 11.2. The fourth-order valence-electron chi connectivity index (χ4n) is 3.85. The Balaban J connectivity index is 1.57.